The average Bonchev–Trinajstić information content (AvgIpc) is 3.10. The summed E-state index contributed by atoms with van der Waals surface area (Å²) < 4.78 is 5.56. The van der Waals surface area contributed by atoms with Gasteiger partial charge in [0.1, 0.15) is 11.5 Å². The van der Waals surface area contributed by atoms with E-state index < -0.39 is 17.7 Å². The summed E-state index contributed by atoms with van der Waals surface area (Å²) in [7, 11) is 5.37. The lowest BCUT2D eigenvalue weighted by atomic mass is 9.85. The maximum Gasteiger partial charge on any atom is 0.295 e. The van der Waals surface area contributed by atoms with Crippen LogP contribution in [0.15, 0.2) is 66.2 Å². The van der Waals surface area contributed by atoms with Crippen LogP contribution in [0.5, 0.6) is 5.75 Å². The Hall–Kier alpha value is -3.64. The summed E-state index contributed by atoms with van der Waals surface area (Å²) in [6, 6.07) is 18.6. The first-order valence-electron chi connectivity index (χ1n) is 12.1. The standard InChI is InChI=1S/C30H34N2O4/c1-30(2,3)20-14-15-24(36-6)23(18-20)27(33)25-26(32(17-16-31(4)5)29(35)28(25)34)22-13-9-11-19-10-7-8-12-21(19)22/h7-15,18,26,33H,16-17H2,1-6H3/b27-25+. The molecule has 1 aliphatic rings. The molecular formula is C30H34N2O4. The minimum absolute atomic E-state index is 0.0828. The summed E-state index contributed by atoms with van der Waals surface area (Å²) in [6.45, 7) is 7.16. The van der Waals surface area contributed by atoms with Gasteiger partial charge in [-0.15, -0.1) is 0 Å². The van der Waals surface area contributed by atoms with E-state index in [4.69, 9.17) is 4.74 Å². The number of likely N-dealkylation sites (tertiary alicyclic amines) is 1. The van der Waals surface area contributed by atoms with Gasteiger partial charge in [0.25, 0.3) is 11.7 Å². The van der Waals surface area contributed by atoms with Gasteiger partial charge < -0.3 is 19.6 Å². The molecule has 0 radical (unpaired) electrons. The molecule has 0 spiro atoms. The summed E-state index contributed by atoms with van der Waals surface area (Å²) in [5.41, 5.74) is 2.08. The summed E-state index contributed by atoms with van der Waals surface area (Å²) in [5, 5.41) is 13.6. The second kappa shape index (κ2) is 9.78. The Labute approximate surface area is 212 Å². The number of benzene rings is 3. The number of aliphatic hydroxyl groups is 1. The molecular weight excluding hydrogens is 452 g/mol. The van der Waals surface area contributed by atoms with Crippen molar-refractivity contribution in [3.05, 3.63) is 82.9 Å². The van der Waals surface area contributed by atoms with Gasteiger partial charge in [-0.25, -0.2) is 0 Å². The van der Waals surface area contributed by atoms with Gasteiger partial charge in [-0.1, -0.05) is 69.3 Å². The van der Waals surface area contributed by atoms with E-state index in [-0.39, 0.29) is 16.7 Å². The lowest BCUT2D eigenvalue weighted by Crippen LogP contribution is -2.35. The van der Waals surface area contributed by atoms with Crippen molar-refractivity contribution >= 4 is 28.2 Å². The molecule has 6 heteroatoms. The maximum absolute atomic E-state index is 13.5. The number of rotatable bonds is 6. The number of aliphatic hydroxyl groups excluding tert-OH is 1. The van der Waals surface area contributed by atoms with Gasteiger partial charge in [0.05, 0.1) is 24.3 Å². The van der Waals surface area contributed by atoms with Gasteiger partial charge in [-0.3, -0.25) is 9.59 Å². The lowest BCUT2D eigenvalue weighted by Gasteiger charge is -2.28. The minimum atomic E-state index is -0.723. The zero-order valence-electron chi connectivity index (χ0n) is 21.8. The first kappa shape index (κ1) is 25.5. The molecule has 0 aromatic heterocycles. The van der Waals surface area contributed by atoms with E-state index >= 15 is 0 Å². The highest BCUT2D eigenvalue weighted by atomic mass is 16.5. The molecule has 1 heterocycles. The molecule has 36 heavy (non-hydrogen) atoms. The molecule has 0 saturated carbocycles. The number of carbonyl (C=O) groups excluding carboxylic acids is 2. The number of nitrogens with zero attached hydrogens (tertiary/aromatic N) is 2. The van der Waals surface area contributed by atoms with E-state index in [1.807, 2.05) is 73.6 Å². The fourth-order valence-electron chi connectivity index (χ4n) is 4.74. The van der Waals surface area contributed by atoms with E-state index in [1.54, 1.807) is 11.0 Å². The van der Waals surface area contributed by atoms with Gasteiger partial charge in [-0.2, -0.15) is 0 Å². The number of methoxy groups -OCH3 is 1. The number of Topliss-reactive ketones (excluding diaryl/α,β-unsaturated/α-hetero) is 1. The summed E-state index contributed by atoms with van der Waals surface area (Å²) in [6.07, 6.45) is 0. The average molecular weight is 487 g/mol. The second-order valence-corrected chi connectivity index (χ2v) is 10.5. The Morgan fingerprint density at radius 3 is 2.39 bits per heavy atom. The van der Waals surface area contributed by atoms with Crippen LogP contribution in [0.3, 0.4) is 0 Å². The number of hydrogen-bond donors (Lipinski definition) is 1. The van der Waals surface area contributed by atoms with Crippen LogP contribution in [0.2, 0.25) is 0 Å². The molecule has 188 valence electrons. The van der Waals surface area contributed by atoms with Crippen LogP contribution in [-0.4, -0.2) is 60.9 Å². The Morgan fingerprint density at radius 2 is 1.72 bits per heavy atom. The predicted octanol–water partition coefficient (Wildman–Crippen LogP) is 5.13. The largest absolute Gasteiger partial charge is 0.507 e. The molecule has 1 unspecified atom stereocenters. The van der Waals surface area contributed by atoms with Crippen molar-refractivity contribution in [2.24, 2.45) is 0 Å². The lowest BCUT2D eigenvalue weighted by molar-refractivity contribution is -0.140. The zero-order chi connectivity index (χ0) is 26.2. The first-order valence-corrected chi connectivity index (χ1v) is 12.1. The second-order valence-electron chi connectivity index (χ2n) is 10.5. The van der Waals surface area contributed by atoms with Crippen molar-refractivity contribution in [3.8, 4) is 5.75 Å². The Kier molecular flexibility index (Phi) is 6.92. The van der Waals surface area contributed by atoms with Crippen LogP contribution < -0.4 is 4.74 Å². The van der Waals surface area contributed by atoms with Gasteiger partial charge >= 0.3 is 0 Å². The molecule has 6 nitrogen and oxygen atoms in total. The Bertz CT molecular complexity index is 1350. The number of hydrogen-bond acceptors (Lipinski definition) is 5. The highest BCUT2D eigenvalue weighted by Gasteiger charge is 2.46. The number of likely N-dealkylation sites (N-methyl/N-ethyl adjacent to an activating group) is 1. The van der Waals surface area contributed by atoms with Crippen molar-refractivity contribution in [2.45, 2.75) is 32.2 Å². The fourth-order valence-corrected chi connectivity index (χ4v) is 4.74. The van der Waals surface area contributed by atoms with Crippen LogP contribution in [0, 0.1) is 0 Å². The highest BCUT2D eigenvalue weighted by molar-refractivity contribution is 6.46. The molecule has 4 rings (SSSR count). The molecule has 1 atom stereocenters. The maximum atomic E-state index is 13.5. The predicted molar refractivity (Wildman–Crippen MR) is 143 cm³/mol. The van der Waals surface area contributed by atoms with Crippen LogP contribution in [0.25, 0.3) is 16.5 Å². The van der Waals surface area contributed by atoms with Gasteiger partial charge in [0, 0.05) is 13.1 Å². The number of ketones is 1. The highest BCUT2D eigenvalue weighted by Crippen LogP contribution is 2.43. The van der Waals surface area contributed by atoms with Crippen molar-refractivity contribution < 1.29 is 19.4 Å². The molecule has 3 aromatic carbocycles. The van der Waals surface area contributed by atoms with Crippen LogP contribution in [-0.2, 0) is 15.0 Å². The number of amides is 1. The van der Waals surface area contributed by atoms with Gasteiger partial charge in [0.15, 0.2) is 0 Å². The third-order valence-corrected chi connectivity index (χ3v) is 6.77. The van der Waals surface area contributed by atoms with Gasteiger partial charge in [-0.05, 0) is 53.5 Å². The topological polar surface area (TPSA) is 70.1 Å². The van der Waals surface area contributed by atoms with Crippen LogP contribution >= 0.6 is 0 Å². The van der Waals surface area contributed by atoms with E-state index in [0.29, 0.717) is 24.4 Å². The van der Waals surface area contributed by atoms with Crippen molar-refractivity contribution in [1.82, 2.24) is 9.80 Å². The Morgan fingerprint density at radius 1 is 1.03 bits per heavy atom. The molecule has 1 aliphatic heterocycles. The van der Waals surface area contributed by atoms with E-state index in [0.717, 1.165) is 21.9 Å². The fraction of sp³-hybridized carbons (Fsp3) is 0.333. The van der Waals surface area contributed by atoms with Crippen molar-refractivity contribution in [1.29, 1.82) is 0 Å². The third kappa shape index (κ3) is 4.61. The molecule has 0 aliphatic carbocycles. The quantitative estimate of drug-likeness (QED) is 0.297. The molecule has 1 saturated heterocycles. The number of carbonyl (C=O) groups is 2. The van der Waals surface area contributed by atoms with Gasteiger partial charge in [0.2, 0.25) is 0 Å². The third-order valence-electron chi connectivity index (χ3n) is 6.77. The first-order chi connectivity index (χ1) is 17.0. The smallest absolute Gasteiger partial charge is 0.295 e. The molecule has 1 amide bonds. The minimum Gasteiger partial charge on any atom is -0.507 e. The summed E-state index contributed by atoms with van der Waals surface area (Å²) in [4.78, 5) is 30.4. The number of fused-ring (bicyclic) bond motifs is 1. The molecule has 3 aromatic rings. The van der Waals surface area contributed by atoms with Crippen LogP contribution in [0.1, 0.15) is 43.5 Å². The van der Waals surface area contributed by atoms with Crippen LogP contribution in [0.4, 0.5) is 0 Å². The molecule has 0 bridgehead atoms. The summed E-state index contributed by atoms with van der Waals surface area (Å²) in [5.74, 6) is -1.08. The van der Waals surface area contributed by atoms with E-state index in [9.17, 15) is 14.7 Å². The van der Waals surface area contributed by atoms with Crippen molar-refractivity contribution in [2.75, 3.05) is 34.3 Å². The molecule has 1 fully saturated rings. The normalized spacial score (nSPS) is 17.9. The monoisotopic (exact) mass is 486 g/mol. The summed E-state index contributed by atoms with van der Waals surface area (Å²) >= 11 is 0. The zero-order valence-corrected chi connectivity index (χ0v) is 21.8. The SMILES string of the molecule is COc1ccc(C(C)(C)C)cc1/C(O)=C1\C(=O)C(=O)N(CCN(C)C)C1c1cccc2ccccc12. The van der Waals surface area contributed by atoms with E-state index in [1.165, 1.54) is 7.11 Å². The molecule has 1 N–H and O–H groups in total. The number of ether oxygens (including phenoxy) is 1. The Balaban J connectivity index is 1.99. The van der Waals surface area contributed by atoms with E-state index in [2.05, 4.69) is 20.8 Å². The van der Waals surface area contributed by atoms with Crippen molar-refractivity contribution in [3.63, 3.8) is 0 Å².